The Morgan fingerprint density at radius 1 is 1.15 bits per heavy atom. The van der Waals surface area contributed by atoms with Gasteiger partial charge in [-0.3, -0.25) is 0 Å². The van der Waals surface area contributed by atoms with Crippen LogP contribution in [-0.4, -0.2) is 14.5 Å². The van der Waals surface area contributed by atoms with Gasteiger partial charge in [-0.15, -0.1) is 0 Å². The SMILES string of the molecule is Cn1c(Cc2nc(N)c(Cl)cc2Cl)nc2ccccc21. The Labute approximate surface area is 126 Å². The number of anilines is 1. The molecule has 0 bridgehead atoms. The van der Waals surface area contributed by atoms with Gasteiger partial charge in [-0.05, 0) is 18.2 Å². The van der Waals surface area contributed by atoms with Gasteiger partial charge in [0.25, 0.3) is 0 Å². The lowest BCUT2D eigenvalue weighted by Crippen LogP contribution is -2.03. The zero-order chi connectivity index (χ0) is 14.3. The highest BCUT2D eigenvalue weighted by Gasteiger charge is 2.12. The maximum Gasteiger partial charge on any atom is 0.142 e. The van der Waals surface area contributed by atoms with Crippen LogP contribution in [0.15, 0.2) is 30.3 Å². The van der Waals surface area contributed by atoms with Gasteiger partial charge in [0, 0.05) is 13.5 Å². The predicted molar refractivity (Wildman–Crippen MR) is 82.2 cm³/mol. The van der Waals surface area contributed by atoms with Crippen LogP contribution in [0.3, 0.4) is 0 Å². The molecular weight excluding hydrogens is 295 g/mol. The third-order valence-corrected chi connectivity index (χ3v) is 3.86. The number of aromatic nitrogens is 3. The number of nitrogens with zero attached hydrogens (tertiary/aromatic N) is 3. The molecule has 0 aliphatic rings. The number of hydrogen-bond donors (Lipinski definition) is 1. The van der Waals surface area contributed by atoms with E-state index >= 15 is 0 Å². The predicted octanol–water partition coefficient (Wildman–Crippen LogP) is 3.45. The smallest absolute Gasteiger partial charge is 0.142 e. The van der Waals surface area contributed by atoms with Gasteiger partial charge in [0.2, 0.25) is 0 Å². The standard InChI is InChI=1S/C14H12Cl2N4/c1-20-12-5-3-2-4-10(12)18-13(20)7-11-8(15)6-9(16)14(17)19-11/h2-6H,7H2,1H3,(H2,17,19). The first kappa shape index (κ1) is 13.2. The fourth-order valence-corrected chi connectivity index (χ4v) is 2.57. The molecule has 0 amide bonds. The maximum atomic E-state index is 6.16. The van der Waals surface area contributed by atoms with Crippen LogP contribution < -0.4 is 5.73 Å². The first-order valence-electron chi connectivity index (χ1n) is 6.07. The number of hydrogen-bond acceptors (Lipinski definition) is 3. The Morgan fingerprint density at radius 3 is 2.65 bits per heavy atom. The second kappa shape index (κ2) is 4.96. The van der Waals surface area contributed by atoms with Crippen molar-refractivity contribution in [2.75, 3.05) is 5.73 Å². The molecule has 0 unspecified atom stereocenters. The third kappa shape index (κ3) is 2.21. The van der Waals surface area contributed by atoms with E-state index < -0.39 is 0 Å². The van der Waals surface area contributed by atoms with Gasteiger partial charge in [0.05, 0.1) is 26.8 Å². The summed E-state index contributed by atoms with van der Waals surface area (Å²) >= 11 is 12.1. The topological polar surface area (TPSA) is 56.7 Å². The highest BCUT2D eigenvalue weighted by Crippen LogP contribution is 2.26. The Hall–Kier alpha value is -1.78. The zero-order valence-corrected chi connectivity index (χ0v) is 12.3. The van der Waals surface area contributed by atoms with E-state index in [0.717, 1.165) is 16.9 Å². The molecule has 2 aromatic heterocycles. The summed E-state index contributed by atoms with van der Waals surface area (Å²) in [5.41, 5.74) is 8.42. The summed E-state index contributed by atoms with van der Waals surface area (Å²) in [5, 5.41) is 0.861. The Kier molecular flexibility index (Phi) is 3.28. The van der Waals surface area contributed by atoms with Crippen LogP contribution in [-0.2, 0) is 13.5 Å². The van der Waals surface area contributed by atoms with Gasteiger partial charge < -0.3 is 10.3 Å². The van der Waals surface area contributed by atoms with Crippen molar-refractivity contribution >= 4 is 40.1 Å². The lowest BCUT2D eigenvalue weighted by atomic mass is 10.2. The van der Waals surface area contributed by atoms with E-state index in [9.17, 15) is 0 Å². The third-order valence-electron chi connectivity index (χ3n) is 3.23. The van der Waals surface area contributed by atoms with Gasteiger partial charge in [-0.1, -0.05) is 35.3 Å². The van der Waals surface area contributed by atoms with Crippen LogP contribution in [0, 0.1) is 0 Å². The first-order valence-corrected chi connectivity index (χ1v) is 6.82. The average Bonchev–Trinajstić information content (AvgIpc) is 2.73. The van der Waals surface area contributed by atoms with Crippen molar-refractivity contribution in [2.45, 2.75) is 6.42 Å². The largest absolute Gasteiger partial charge is 0.382 e. The van der Waals surface area contributed by atoms with E-state index in [1.54, 1.807) is 6.07 Å². The normalized spacial score (nSPS) is 11.2. The molecule has 0 aliphatic heterocycles. The summed E-state index contributed by atoms with van der Waals surface area (Å²) in [6.45, 7) is 0. The summed E-state index contributed by atoms with van der Waals surface area (Å²) in [6.07, 6.45) is 0.505. The molecule has 2 N–H and O–H groups in total. The van der Waals surface area contributed by atoms with Crippen LogP contribution in [0.1, 0.15) is 11.5 Å². The highest BCUT2D eigenvalue weighted by atomic mass is 35.5. The number of benzene rings is 1. The van der Waals surface area contributed by atoms with Crippen molar-refractivity contribution in [3.05, 3.63) is 51.9 Å². The molecule has 3 aromatic rings. The van der Waals surface area contributed by atoms with Crippen LogP contribution in [0.2, 0.25) is 10.0 Å². The summed E-state index contributed by atoms with van der Waals surface area (Å²) < 4.78 is 2.03. The quantitative estimate of drug-likeness (QED) is 0.789. The fraction of sp³-hybridized carbons (Fsp3) is 0.143. The van der Waals surface area contributed by atoms with Gasteiger partial charge in [0.1, 0.15) is 11.6 Å². The van der Waals surface area contributed by atoms with Crippen molar-refractivity contribution in [1.29, 1.82) is 0 Å². The van der Waals surface area contributed by atoms with Gasteiger partial charge in [-0.2, -0.15) is 0 Å². The van der Waals surface area contributed by atoms with Crippen molar-refractivity contribution in [1.82, 2.24) is 14.5 Å². The second-order valence-corrected chi connectivity index (χ2v) is 5.35. The summed E-state index contributed by atoms with van der Waals surface area (Å²) in [7, 11) is 1.97. The van der Waals surface area contributed by atoms with E-state index in [1.807, 2.05) is 35.9 Å². The van der Waals surface area contributed by atoms with Crippen LogP contribution in [0.25, 0.3) is 11.0 Å². The number of halogens is 2. The number of fused-ring (bicyclic) bond motifs is 1. The molecular formula is C14H12Cl2N4. The molecule has 0 spiro atoms. The van der Waals surface area contributed by atoms with Gasteiger partial charge in [0.15, 0.2) is 0 Å². The minimum atomic E-state index is 0.282. The molecule has 6 heteroatoms. The molecule has 0 radical (unpaired) electrons. The summed E-state index contributed by atoms with van der Waals surface area (Å²) in [4.78, 5) is 8.83. The van der Waals surface area contributed by atoms with Crippen molar-refractivity contribution in [3.63, 3.8) is 0 Å². The maximum absolute atomic E-state index is 6.16. The van der Waals surface area contributed by atoms with E-state index in [1.165, 1.54) is 0 Å². The molecule has 20 heavy (non-hydrogen) atoms. The number of pyridine rings is 1. The van der Waals surface area contributed by atoms with E-state index in [0.29, 0.717) is 22.2 Å². The molecule has 0 fully saturated rings. The van der Waals surface area contributed by atoms with E-state index in [-0.39, 0.29) is 5.82 Å². The number of para-hydroxylation sites is 2. The molecule has 4 nitrogen and oxygen atoms in total. The number of rotatable bonds is 2. The lowest BCUT2D eigenvalue weighted by Gasteiger charge is -2.06. The molecule has 0 atom stereocenters. The molecule has 1 aromatic carbocycles. The Balaban J connectivity index is 2.05. The second-order valence-electron chi connectivity index (χ2n) is 4.54. The van der Waals surface area contributed by atoms with Crippen LogP contribution in [0.4, 0.5) is 5.82 Å². The monoisotopic (exact) mass is 306 g/mol. The summed E-state index contributed by atoms with van der Waals surface area (Å²) in [6, 6.07) is 9.56. The molecule has 3 rings (SSSR count). The minimum Gasteiger partial charge on any atom is -0.382 e. The Bertz CT molecular complexity index is 795. The van der Waals surface area contributed by atoms with Crippen LogP contribution >= 0.6 is 23.2 Å². The number of aryl methyl sites for hydroxylation is 1. The average molecular weight is 307 g/mol. The highest BCUT2D eigenvalue weighted by molar-refractivity contribution is 6.36. The molecule has 0 saturated carbocycles. The number of imidazole rings is 1. The van der Waals surface area contributed by atoms with Crippen LogP contribution in [0.5, 0.6) is 0 Å². The van der Waals surface area contributed by atoms with Crippen molar-refractivity contribution < 1.29 is 0 Å². The molecule has 2 heterocycles. The first-order chi connectivity index (χ1) is 9.56. The molecule has 102 valence electrons. The Morgan fingerprint density at radius 2 is 1.90 bits per heavy atom. The van der Waals surface area contributed by atoms with Crippen molar-refractivity contribution in [2.24, 2.45) is 7.05 Å². The molecule has 0 saturated heterocycles. The molecule has 0 aliphatic carbocycles. The van der Waals surface area contributed by atoms with Crippen molar-refractivity contribution in [3.8, 4) is 0 Å². The van der Waals surface area contributed by atoms with E-state index in [4.69, 9.17) is 28.9 Å². The number of nitrogen functional groups attached to an aromatic ring is 1. The van der Waals surface area contributed by atoms with E-state index in [2.05, 4.69) is 9.97 Å². The zero-order valence-electron chi connectivity index (χ0n) is 10.8. The fourth-order valence-electron chi connectivity index (χ4n) is 2.15. The summed E-state index contributed by atoms with van der Waals surface area (Å²) in [5.74, 6) is 1.16. The minimum absolute atomic E-state index is 0.282. The number of nitrogens with two attached hydrogens (primary N) is 1. The van der Waals surface area contributed by atoms with Gasteiger partial charge in [-0.25, -0.2) is 9.97 Å². The van der Waals surface area contributed by atoms with Gasteiger partial charge >= 0.3 is 0 Å². The lowest BCUT2D eigenvalue weighted by molar-refractivity contribution is 0.833.